The summed E-state index contributed by atoms with van der Waals surface area (Å²) in [5.41, 5.74) is 0. The van der Waals surface area contributed by atoms with E-state index in [4.69, 9.17) is 0 Å². The summed E-state index contributed by atoms with van der Waals surface area (Å²) in [6.07, 6.45) is 8.73. The van der Waals surface area contributed by atoms with E-state index in [1.165, 1.54) is 12.8 Å². The van der Waals surface area contributed by atoms with Crippen LogP contribution in [0.25, 0.3) is 0 Å². The molecule has 0 bridgehead atoms. The highest BCUT2D eigenvalue weighted by atomic mass is 16.3. The second-order valence-electron chi connectivity index (χ2n) is 3.51. The van der Waals surface area contributed by atoms with Crippen molar-refractivity contribution in [3.63, 3.8) is 0 Å². The maximum absolute atomic E-state index is 9.42. The topological polar surface area (TPSA) is 40.5 Å². The van der Waals surface area contributed by atoms with Gasteiger partial charge in [0.25, 0.3) is 0 Å². The minimum absolute atomic E-state index is 0.431. The Hall–Kier alpha value is -0.600. The van der Waals surface area contributed by atoms with Gasteiger partial charge >= 0.3 is 0 Å². The predicted molar refractivity (Wildman–Crippen MR) is 60.1 cm³/mol. The fourth-order valence-corrected chi connectivity index (χ4v) is 1.19. The SMILES string of the molecule is C=CC[C@@H](O)[C@H](O)/C=C/CCCCC. The zero-order valence-corrected chi connectivity index (χ0v) is 9.02. The van der Waals surface area contributed by atoms with Gasteiger partial charge in [-0.3, -0.25) is 0 Å². The molecule has 0 rings (SSSR count). The fourth-order valence-electron chi connectivity index (χ4n) is 1.19. The lowest BCUT2D eigenvalue weighted by Gasteiger charge is -2.11. The molecular weight excluding hydrogens is 176 g/mol. The van der Waals surface area contributed by atoms with E-state index >= 15 is 0 Å². The van der Waals surface area contributed by atoms with Crippen molar-refractivity contribution < 1.29 is 10.2 Å². The Labute approximate surface area is 87.0 Å². The molecule has 0 aromatic carbocycles. The summed E-state index contributed by atoms with van der Waals surface area (Å²) in [6.45, 7) is 5.67. The summed E-state index contributed by atoms with van der Waals surface area (Å²) >= 11 is 0. The van der Waals surface area contributed by atoms with Gasteiger partial charge < -0.3 is 10.2 Å². The molecule has 2 heteroatoms. The third-order valence-electron chi connectivity index (χ3n) is 2.11. The van der Waals surface area contributed by atoms with E-state index in [1.807, 2.05) is 6.08 Å². The highest BCUT2D eigenvalue weighted by Crippen LogP contribution is 2.04. The quantitative estimate of drug-likeness (QED) is 0.464. The molecular formula is C12H22O2. The van der Waals surface area contributed by atoms with Crippen LogP contribution in [0.1, 0.15) is 39.0 Å². The Balaban J connectivity index is 3.58. The van der Waals surface area contributed by atoms with Crippen LogP contribution in [0.3, 0.4) is 0 Å². The molecule has 2 nitrogen and oxygen atoms in total. The Morgan fingerprint density at radius 3 is 2.57 bits per heavy atom. The van der Waals surface area contributed by atoms with Gasteiger partial charge in [0, 0.05) is 0 Å². The molecule has 0 saturated carbocycles. The normalized spacial score (nSPS) is 15.6. The third kappa shape index (κ3) is 6.87. The molecule has 0 unspecified atom stereocenters. The summed E-state index contributed by atoms with van der Waals surface area (Å²) in [5, 5.41) is 18.8. The molecule has 0 heterocycles. The number of hydrogen-bond acceptors (Lipinski definition) is 2. The van der Waals surface area contributed by atoms with Crippen LogP contribution in [0.4, 0.5) is 0 Å². The van der Waals surface area contributed by atoms with E-state index < -0.39 is 12.2 Å². The van der Waals surface area contributed by atoms with Crippen LogP contribution in [-0.2, 0) is 0 Å². The maximum Gasteiger partial charge on any atom is 0.0982 e. The van der Waals surface area contributed by atoms with E-state index in [-0.39, 0.29) is 0 Å². The van der Waals surface area contributed by atoms with Gasteiger partial charge in [-0.25, -0.2) is 0 Å². The molecule has 14 heavy (non-hydrogen) atoms. The van der Waals surface area contributed by atoms with Crippen molar-refractivity contribution in [3.05, 3.63) is 24.8 Å². The van der Waals surface area contributed by atoms with Gasteiger partial charge in [-0.2, -0.15) is 0 Å². The van der Waals surface area contributed by atoms with Crippen molar-refractivity contribution in [1.82, 2.24) is 0 Å². The fraction of sp³-hybridized carbons (Fsp3) is 0.667. The lowest BCUT2D eigenvalue weighted by molar-refractivity contribution is 0.0510. The van der Waals surface area contributed by atoms with Gasteiger partial charge in [-0.15, -0.1) is 6.58 Å². The predicted octanol–water partition coefficient (Wildman–Crippen LogP) is 2.42. The zero-order chi connectivity index (χ0) is 10.8. The second-order valence-corrected chi connectivity index (χ2v) is 3.51. The summed E-state index contributed by atoms with van der Waals surface area (Å²) in [6, 6.07) is 0. The first-order chi connectivity index (χ1) is 6.72. The molecule has 0 aromatic heterocycles. The summed E-state index contributed by atoms with van der Waals surface area (Å²) in [7, 11) is 0. The standard InChI is InChI=1S/C12H22O2/c1-3-5-6-7-8-10-12(14)11(13)9-4-2/h4,8,10-14H,2-3,5-7,9H2,1H3/b10-8+/t11-,12-/m1/s1. The van der Waals surface area contributed by atoms with Crippen LogP contribution in [0.2, 0.25) is 0 Å². The van der Waals surface area contributed by atoms with Gasteiger partial charge in [-0.1, -0.05) is 38.0 Å². The molecule has 0 radical (unpaired) electrons. The highest BCUT2D eigenvalue weighted by molar-refractivity contribution is 4.93. The Kier molecular flexibility index (Phi) is 8.59. The molecule has 2 N–H and O–H groups in total. The van der Waals surface area contributed by atoms with Gasteiger partial charge in [-0.05, 0) is 19.3 Å². The summed E-state index contributed by atoms with van der Waals surface area (Å²) in [5.74, 6) is 0. The average molecular weight is 198 g/mol. The van der Waals surface area contributed by atoms with Crippen molar-refractivity contribution in [2.75, 3.05) is 0 Å². The van der Waals surface area contributed by atoms with E-state index in [0.717, 1.165) is 12.8 Å². The number of allylic oxidation sites excluding steroid dienone is 1. The average Bonchev–Trinajstić information content (AvgIpc) is 2.17. The smallest absolute Gasteiger partial charge is 0.0982 e. The number of rotatable bonds is 8. The molecule has 2 atom stereocenters. The first kappa shape index (κ1) is 13.4. The van der Waals surface area contributed by atoms with E-state index in [1.54, 1.807) is 12.2 Å². The van der Waals surface area contributed by atoms with Crippen LogP contribution < -0.4 is 0 Å². The minimum Gasteiger partial charge on any atom is -0.390 e. The molecule has 0 aliphatic heterocycles. The van der Waals surface area contributed by atoms with Crippen LogP contribution in [0, 0.1) is 0 Å². The van der Waals surface area contributed by atoms with Crippen LogP contribution in [-0.4, -0.2) is 22.4 Å². The van der Waals surface area contributed by atoms with E-state index in [0.29, 0.717) is 6.42 Å². The van der Waals surface area contributed by atoms with Crippen molar-refractivity contribution in [3.8, 4) is 0 Å². The Morgan fingerprint density at radius 1 is 1.29 bits per heavy atom. The van der Waals surface area contributed by atoms with Crippen LogP contribution in [0.15, 0.2) is 24.8 Å². The first-order valence-electron chi connectivity index (χ1n) is 5.36. The van der Waals surface area contributed by atoms with Crippen molar-refractivity contribution >= 4 is 0 Å². The maximum atomic E-state index is 9.42. The van der Waals surface area contributed by atoms with Crippen LogP contribution in [0.5, 0.6) is 0 Å². The molecule has 0 aliphatic rings. The minimum atomic E-state index is -0.755. The molecule has 0 spiro atoms. The van der Waals surface area contributed by atoms with E-state index in [9.17, 15) is 10.2 Å². The lowest BCUT2D eigenvalue weighted by atomic mass is 10.1. The molecule has 0 aromatic rings. The molecule has 0 saturated heterocycles. The summed E-state index contributed by atoms with van der Waals surface area (Å²) < 4.78 is 0. The molecule has 0 aliphatic carbocycles. The lowest BCUT2D eigenvalue weighted by Crippen LogP contribution is -2.22. The number of hydrogen-bond donors (Lipinski definition) is 2. The van der Waals surface area contributed by atoms with Gasteiger partial charge in [0.2, 0.25) is 0 Å². The molecule has 0 fully saturated rings. The van der Waals surface area contributed by atoms with Crippen LogP contribution >= 0.6 is 0 Å². The van der Waals surface area contributed by atoms with Crippen molar-refractivity contribution in [1.29, 1.82) is 0 Å². The zero-order valence-electron chi connectivity index (χ0n) is 9.02. The van der Waals surface area contributed by atoms with Crippen molar-refractivity contribution in [2.45, 2.75) is 51.2 Å². The second kappa shape index (κ2) is 8.97. The number of aliphatic hydroxyl groups is 2. The van der Waals surface area contributed by atoms with Gasteiger partial charge in [0.15, 0.2) is 0 Å². The van der Waals surface area contributed by atoms with Crippen molar-refractivity contribution in [2.24, 2.45) is 0 Å². The highest BCUT2D eigenvalue weighted by Gasteiger charge is 2.09. The Morgan fingerprint density at radius 2 is 2.00 bits per heavy atom. The van der Waals surface area contributed by atoms with E-state index in [2.05, 4.69) is 13.5 Å². The number of unbranched alkanes of at least 4 members (excludes halogenated alkanes) is 3. The summed E-state index contributed by atoms with van der Waals surface area (Å²) in [4.78, 5) is 0. The first-order valence-corrected chi connectivity index (χ1v) is 5.36. The third-order valence-corrected chi connectivity index (χ3v) is 2.11. The Bertz CT molecular complexity index is 164. The largest absolute Gasteiger partial charge is 0.390 e. The van der Waals surface area contributed by atoms with Gasteiger partial charge in [0.1, 0.15) is 0 Å². The monoisotopic (exact) mass is 198 g/mol. The molecule has 82 valence electrons. The molecule has 0 amide bonds. The number of aliphatic hydroxyl groups excluding tert-OH is 2. The van der Waals surface area contributed by atoms with Gasteiger partial charge in [0.05, 0.1) is 12.2 Å².